The summed E-state index contributed by atoms with van der Waals surface area (Å²) >= 11 is 0. The van der Waals surface area contributed by atoms with Gasteiger partial charge in [-0.15, -0.1) is 5.10 Å². The van der Waals surface area contributed by atoms with Crippen LogP contribution in [0.4, 0.5) is 0 Å². The van der Waals surface area contributed by atoms with Crippen LogP contribution in [-0.2, 0) is 17.2 Å². The maximum atomic E-state index is 12.7. The number of aryl methyl sites for hydroxylation is 1. The van der Waals surface area contributed by atoms with Crippen molar-refractivity contribution in [2.24, 2.45) is 7.05 Å². The first-order valence-electron chi connectivity index (χ1n) is 7.95. The number of methoxy groups -OCH3 is 1. The van der Waals surface area contributed by atoms with Gasteiger partial charge < -0.3 is 14.2 Å². The van der Waals surface area contributed by atoms with Crippen molar-refractivity contribution in [3.63, 3.8) is 0 Å². The molecule has 24 heavy (non-hydrogen) atoms. The number of rotatable bonds is 3. The van der Waals surface area contributed by atoms with E-state index in [1.54, 1.807) is 22.8 Å². The molecule has 0 saturated carbocycles. The highest BCUT2D eigenvalue weighted by atomic mass is 16.5. The second-order valence-corrected chi connectivity index (χ2v) is 7.23. The Morgan fingerprint density at radius 1 is 1.38 bits per heavy atom. The van der Waals surface area contributed by atoms with Gasteiger partial charge in [-0.05, 0) is 0 Å². The predicted molar refractivity (Wildman–Crippen MR) is 85.6 cm³/mol. The first-order chi connectivity index (χ1) is 11.3. The van der Waals surface area contributed by atoms with Crippen molar-refractivity contribution in [1.82, 2.24) is 25.1 Å². The lowest BCUT2D eigenvalue weighted by Gasteiger charge is -2.14. The molecule has 2 aromatic heterocycles. The largest absolute Gasteiger partial charge is 0.379 e. The zero-order valence-electron chi connectivity index (χ0n) is 14.7. The first-order valence-corrected chi connectivity index (χ1v) is 7.95. The fraction of sp³-hybridized carbons (Fsp3) is 0.625. The van der Waals surface area contributed by atoms with E-state index in [4.69, 9.17) is 9.26 Å². The van der Waals surface area contributed by atoms with E-state index in [1.165, 1.54) is 0 Å². The fourth-order valence-corrected chi connectivity index (χ4v) is 2.89. The second kappa shape index (κ2) is 6.01. The van der Waals surface area contributed by atoms with Crippen LogP contribution in [0.15, 0.2) is 16.8 Å². The van der Waals surface area contributed by atoms with Crippen molar-refractivity contribution >= 4 is 5.91 Å². The van der Waals surface area contributed by atoms with Crippen LogP contribution in [0.25, 0.3) is 0 Å². The van der Waals surface area contributed by atoms with Gasteiger partial charge in [-0.25, -0.2) is 0 Å². The molecule has 0 bridgehead atoms. The maximum Gasteiger partial charge on any atom is 0.276 e. The van der Waals surface area contributed by atoms with Gasteiger partial charge in [0.2, 0.25) is 0 Å². The molecule has 0 spiro atoms. The zero-order valence-corrected chi connectivity index (χ0v) is 14.7. The minimum atomic E-state index is -0.187. The summed E-state index contributed by atoms with van der Waals surface area (Å²) in [6, 6.07) is 1.72. The number of ether oxygens (including phenoxy) is 1. The van der Waals surface area contributed by atoms with Crippen molar-refractivity contribution in [1.29, 1.82) is 0 Å². The lowest BCUT2D eigenvalue weighted by atomic mass is 9.93. The van der Waals surface area contributed by atoms with Crippen LogP contribution < -0.4 is 0 Å². The van der Waals surface area contributed by atoms with Gasteiger partial charge in [0.1, 0.15) is 5.76 Å². The van der Waals surface area contributed by atoms with Crippen molar-refractivity contribution in [2.75, 3.05) is 20.2 Å². The van der Waals surface area contributed by atoms with Crippen LogP contribution >= 0.6 is 0 Å². The van der Waals surface area contributed by atoms with Gasteiger partial charge in [0.05, 0.1) is 17.7 Å². The highest BCUT2D eigenvalue weighted by Crippen LogP contribution is 2.30. The normalized spacial score (nSPS) is 21.5. The molecule has 0 unspecified atom stereocenters. The van der Waals surface area contributed by atoms with Crippen LogP contribution in [0.1, 0.15) is 48.6 Å². The molecule has 1 aliphatic rings. The Kier molecular flexibility index (Phi) is 4.16. The van der Waals surface area contributed by atoms with Gasteiger partial charge in [-0.2, -0.15) is 0 Å². The van der Waals surface area contributed by atoms with Crippen LogP contribution in [-0.4, -0.2) is 57.3 Å². The Labute approximate surface area is 140 Å². The van der Waals surface area contributed by atoms with E-state index in [-0.39, 0.29) is 23.3 Å². The van der Waals surface area contributed by atoms with Gasteiger partial charge >= 0.3 is 0 Å². The number of carbonyl (C=O) groups excluding carboxylic acids is 1. The standard InChI is InChI=1S/C16H23N5O3/c1-16(2,3)14-6-11(18-24-14)15(22)21-7-10(13(9-21)23-5)12-8-20(4)19-17-12/h6,8,10,13H,7,9H2,1-5H3/t10-,13+/m0/s1. The summed E-state index contributed by atoms with van der Waals surface area (Å²) in [6.45, 7) is 7.07. The van der Waals surface area contributed by atoms with Crippen LogP contribution in [0.3, 0.4) is 0 Å². The molecule has 0 N–H and O–H groups in total. The minimum absolute atomic E-state index is 0.00152. The van der Waals surface area contributed by atoms with Crippen molar-refractivity contribution in [2.45, 2.75) is 38.2 Å². The number of carbonyl (C=O) groups is 1. The maximum absolute atomic E-state index is 12.7. The van der Waals surface area contributed by atoms with E-state index in [1.807, 2.05) is 34.0 Å². The molecule has 8 nitrogen and oxygen atoms in total. The molecule has 1 fully saturated rings. The van der Waals surface area contributed by atoms with Crippen LogP contribution in [0.5, 0.6) is 0 Å². The number of amides is 1. The van der Waals surface area contributed by atoms with Gasteiger partial charge in [-0.1, -0.05) is 31.1 Å². The van der Waals surface area contributed by atoms with Crippen LogP contribution in [0.2, 0.25) is 0 Å². The van der Waals surface area contributed by atoms with Crippen molar-refractivity contribution < 1.29 is 14.1 Å². The molecule has 2 aromatic rings. The van der Waals surface area contributed by atoms with E-state index in [2.05, 4.69) is 15.5 Å². The molecule has 8 heteroatoms. The van der Waals surface area contributed by atoms with E-state index >= 15 is 0 Å². The SMILES string of the molecule is CO[C@@H]1CN(C(=O)c2cc(C(C)(C)C)on2)C[C@H]1c1cn(C)nn1. The summed E-state index contributed by atoms with van der Waals surface area (Å²) in [6.07, 6.45) is 1.75. The quantitative estimate of drug-likeness (QED) is 0.843. The van der Waals surface area contributed by atoms with E-state index in [0.717, 1.165) is 5.69 Å². The number of nitrogens with zero attached hydrogens (tertiary/aromatic N) is 5. The third-order valence-corrected chi connectivity index (χ3v) is 4.32. The van der Waals surface area contributed by atoms with Crippen molar-refractivity contribution in [3.8, 4) is 0 Å². The molecule has 0 radical (unpaired) electrons. The summed E-state index contributed by atoms with van der Waals surface area (Å²) in [7, 11) is 3.47. The smallest absolute Gasteiger partial charge is 0.276 e. The summed E-state index contributed by atoms with van der Waals surface area (Å²) < 4.78 is 12.5. The van der Waals surface area contributed by atoms with Gasteiger partial charge in [0.25, 0.3) is 5.91 Å². The number of likely N-dealkylation sites (tertiary alicyclic amines) is 1. The van der Waals surface area contributed by atoms with Gasteiger partial charge in [0.15, 0.2) is 5.69 Å². The van der Waals surface area contributed by atoms with Crippen LogP contribution in [0, 0.1) is 0 Å². The second-order valence-electron chi connectivity index (χ2n) is 7.23. The first kappa shape index (κ1) is 16.6. The molecule has 0 aliphatic carbocycles. The fourth-order valence-electron chi connectivity index (χ4n) is 2.89. The molecule has 0 aromatic carbocycles. The highest BCUT2D eigenvalue weighted by Gasteiger charge is 2.39. The summed E-state index contributed by atoms with van der Waals surface area (Å²) in [5.74, 6) is 0.545. The van der Waals surface area contributed by atoms with E-state index in [9.17, 15) is 4.79 Å². The molecule has 1 amide bonds. The molecule has 130 valence electrons. The third-order valence-electron chi connectivity index (χ3n) is 4.32. The number of hydrogen-bond acceptors (Lipinski definition) is 6. The number of hydrogen-bond donors (Lipinski definition) is 0. The Balaban J connectivity index is 1.78. The van der Waals surface area contributed by atoms with E-state index in [0.29, 0.717) is 24.5 Å². The molecule has 3 rings (SSSR count). The Hall–Kier alpha value is -2.22. The Morgan fingerprint density at radius 3 is 2.67 bits per heavy atom. The predicted octanol–water partition coefficient (Wildman–Crippen LogP) is 1.36. The van der Waals surface area contributed by atoms with Crippen molar-refractivity contribution in [3.05, 3.63) is 29.4 Å². The Morgan fingerprint density at radius 2 is 2.12 bits per heavy atom. The summed E-state index contributed by atoms with van der Waals surface area (Å²) in [4.78, 5) is 14.5. The molecule has 2 atom stereocenters. The average molecular weight is 333 g/mol. The number of aromatic nitrogens is 4. The lowest BCUT2D eigenvalue weighted by molar-refractivity contribution is 0.0705. The summed E-state index contributed by atoms with van der Waals surface area (Å²) in [5.41, 5.74) is 0.970. The van der Waals surface area contributed by atoms with Gasteiger partial charge in [0, 0.05) is 44.9 Å². The Bertz CT molecular complexity index is 730. The highest BCUT2D eigenvalue weighted by molar-refractivity contribution is 5.92. The molecular formula is C16H23N5O3. The molecule has 1 saturated heterocycles. The average Bonchev–Trinajstić information content (AvgIpc) is 3.24. The topological polar surface area (TPSA) is 86.3 Å². The lowest BCUT2D eigenvalue weighted by Crippen LogP contribution is -2.30. The van der Waals surface area contributed by atoms with E-state index < -0.39 is 0 Å². The minimum Gasteiger partial charge on any atom is -0.379 e. The molecule has 3 heterocycles. The van der Waals surface area contributed by atoms with Gasteiger partial charge in [-0.3, -0.25) is 9.48 Å². The third kappa shape index (κ3) is 3.06. The molecule has 1 aliphatic heterocycles. The summed E-state index contributed by atoms with van der Waals surface area (Å²) in [5, 5.41) is 12.1. The monoisotopic (exact) mass is 333 g/mol. The zero-order chi connectivity index (χ0) is 17.5. The molecular weight excluding hydrogens is 310 g/mol.